The molecule has 1 N–H and O–H groups in total. The average Bonchev–Trinajstić information content (AvgIpc) is 2.48. The van der Waals surface area contributed by atoms with Crippen LogP contribution in [0, 0.1) is 10.1 Å². The molecule has 114 valence electrons. The molecule has 22 heavy (non-hydrogen) atoms. The maximum Gasteiger partial charge on any atom is 0.412 e. The molecule has 2 aromatic rings. The van der Waals surface area contributed by atoms with Crippen molar-refractivity contribution in [3.8, 4) is 0 Å². The molecule has 0 heterocycles. The van der Waals surface area contributed by atoms with Crippen LogP contribution in [0.1, 0.15) is 5.56 Å². The van der Waals surface area contributed by atoms with E-state index in [1.54, 1.807) is 12.1 Å². The van der Waals surface area contributed by atoms with Crippen LogP contribution in [0.3, 0.4) is 0 Å². The van der Waals surface area contributed by atoms with E-state index in [0.29, 0.717) is 4.47 Å². The van der Waals surface area contributed by atoms with Crippen LogP contribution in [0.15, 0.2) is 46.9 Å². The Morgan fingerprint density at radius 1 is 1.32 bits per heavy atom. The smallest absolute Gasteiger partial charge is 0.412 e. The third-order valence-electron chi connectivity index (χ3n) is 2.67. The molecular weight excluding hydrogens is 376 g/mol. The third kappa shape index (κ3) is 4.19. The quantitative estimate of drug-likeness (QED) is 0.608. The Labute approximate surface area is 139 Å². The maximum absolute atomic E-state index is 11.8. The molecule has 2 aromatic carbocycles. The first-order valence-electron chi connectivity index (χ1n) is 6.08. The lowest BCUT2D eigenvalue weighted by Crippen LogP contribution is -2.15. The third-order valence-corrected chi connectivity index (χ3v) is 3.51. The van der Waals surface area contributed by atoms with Gasteiger partial charge in [0.1, 0.15) is 12.3 Å². The second-order valence-corrected chi connectivity index (χ2v) is 5.52. The van der Waals surface area contributed by atoms with Crippen molar-refractivity contribution in [3.05, 3.63) is 67.6 Å². The lowest BCUT2D eigenvalue weighted by atomic mass is 10.2. The number of nitrogens with zero attached hydrogens (tertiary/aromatic N) is 1. The van der Waals surface area contributed by atoms with Gasteiger partial charge < -0.3 is 4.74 Å². The number of nitrogens with one attached hydrogen (secondary N) is 1. The van der Waals surface area contributed by atoms with Gasteiger partial charge in [0.05, 0.1) is 4.92 Å². The summed E-state index contributed by atoms with van der Waals surface area (Å²) in [6.45, 7) is 0.0612. The summed E-state index contributed by atoms with van der Waals surface area (Å²) < 4.78 is 5.32. The Morgan fingerprint density at radius 2 is 2.00 bits per heavy atom. The number of carbonyl (C=O) groups is 1. The summed E-state index contributed by atoms with van der Waals surface area (Å²) in [4.78, 5) is 22.2. The molecule has 8 heteroatoms. The molecule has 0 aliphatic heterocycles. The highest BCUT2D eigenvalue weighted by molar-refractivity contribution is 9.10. The standard InChI is InChI=1S/C14H10BrClN2O4/c15-11-6-10(16)7-12(18(20)21)13(11)17-14(19)22-8-9-4-2-1-3-5-9/h1-7H,8H2,(H,17,19). The van der Waals surface area contributed by atoms with Crippen LogP contribution in [0.2, 0.25) is 5.02 Å². The van der Waals surface area contributed by atoms with E-state index in [9.17, 15) is 14.9 Å². The minimum atomic E-state index is -0.796. The van der Waals surface area contributed by atoms with Crippen molar-refractivity contribution < 1.29 is 14.5 Å². The number of anilines is 1. The number of carbonyl (C=O) groups excluding carboxylic acids is 1. The van der Waals surface area contributed by atoms with E-state index in [1.165, 1.54) is 6.07 Å². The van der Waals surface area contributed by atoms with Gasteiger partial charge in [0.15, 0.2) is 0 Å². The number of amides is 1. The second-order valence-electron chi connectivity index (χ2n) is 4.23. The summed E-state index contributed by atoms with van der Waals surface area (Å²) >= 11 is 8.90. The minimum absolute atomic E-state index is 0.00698. The molecule has 1 amide bonds. The summed E-state index contributed by atoms with van der Waals surface area (Å²) in [5.74, 6) is 0. The van der Waals surface area contributed by atoms with Crippen molar-refractivity contribution >= 4 is 45.0 Å². The summed E-state index contributed by atoms with van der Waals surface area (Å²) in [5.41, 5.74) is 0.478. The highest BCUT2D eigenvalue weighted by atomic mass is 79.9. The summed E-state index contributed by atoms with van der Waals surface area (Å²) in [5, 5.41) is 13.6. The molecule has 6 nitrogen and oxygen atoms in total. The van der Waals surface area contributed by atoms with E-state index in [2.05, 4.69) is 21.2 Å². The van der Waals surface area contributed by atoms with Crippen molar-refractivity contribution in [1.82, 2.24) is 0 Å². The van der Waals surface area contributed by atoms with Gasteiger partial charge in [-0.05, 0) is 27.6 Å². The van der Waals surface area contributed by atoms with Crippen LogP contribution in [-0.4, -0.2) is 11.0 Å². The molecule has 0 unspecified atom stereocenters. The van der Waals surface area contributed by atoms with Gasteiger partial charge in [-0.15, -0.1) is 0 Å². The molecule has 2 rings (SSSR count). The van der Waals surface area contributed by atoms with Crippen LogP contribution in [0.4, 0.5) is 16.2 Å². The SMILES string of the molecule is O=C(Nc1c(Br)cc(Cl)cc1[N+](=O)[O-])OCc1ccccc1. The van der Waals surface area contributed by atoms with Crippen LogP contribution < -0.4 is 5.32 Å². The van der Waals surface area contributed by atoms with E-state index in [1.807, 2.05) is 18.2 Å². The van der Waals surface area contributed by atoms with E-state index >= 15 is 0 Å². The molecule has 0 fully saturated rings. The van der Waals surface area contributed by atoms with Gasteiger partial charge in [-0.3, -0.25) is 15.4 Å². The maximum atomic E-state index is 11.8. The van der Waals surface area contributed by atoms with Crippen molar-refractivity contribution in [1.29, 1.82) is 0 Å². The van der Waals surface area contributed by atoms with Crippen molar-refractivity contribution in [3.63, 3.8) is 0 Å². The predicted octanol–water partition coefficient (Wildman–Crippen LogP) is 4.76. The lowest BCUT2D eigenvalue weighted by Gasteiger charge is -2.09. The molecule has 0 saturated heterocycles. The number of nitro benzene ring substituents is 1. The first-order chi connectivity index (χ1) is 10.5. The van der Waals surface area contributed by atoms with E-state index in [-0.39, 0.29) is 23.0 Å². The number of nitro groups is 1. The Bertz CT molecular complexity index is 709. The number of benzene rings is 2. The Kier molecular flexibility index (Phi) is 5.35. The highest BCUT2D eigenvalue weighted by Crippen LogP contribution is 2.35. The molecule has 0 radical (unpaired) electrons. The number of halogens is 2. The normalized spacial score (nSPS) is 10.1. The van der Waals surface area contributed by atoms with Gasteiger partial charge >= 0.3 is 6.09 Å². The first kappa shape index (κ1) is 16.3. The first-order valence-corrected chi connectivity index (χ1v) is 7.25. The van der Waals surface area contributed by atoms with Crippen LogP contribution in [0.5, 0.6) is 0 Å². The van der Waals surface area contributed by atoms with Crippen molar-refractivity contribution in [2.45, 2.75) is 6.61 Å². The second kappa shape index (κ2) is 7.24. The largest absolute Gasteiger partial charge is 0.444 e. The summed E-state index contributed by atoms with van der Waals surface area (Å²) in [6, 6.07) is 11.7. The molecule has 0 aliphatic carbocycles. The van der Waals surface area contributed by atoms with E-state index < -0.39 is 11.0 Å². The Balaban J connectivity index is 2.10. The topological polar surface area (TPSA) is 81.5 Å². The van der Waals surface area contributed by atoms with Crippen LogP contribution in [-0.2, 0) is 11.3 Å². The zero-order valence-corrected chi connectivity index (χ0v) is 13.4. The molecule has 0 saturated carbocycles. The van der Waals surface area contributed by atoms with E-state index in [4.69, 9.17) is 16.3 Å². The number of rotatable bonds is 4. The molecule has 0 aliphatic rings. The molecular formula is C14H10BrClN2O4. The van der Waals surface area contributed by atoms with Crippen LogP contribution in [0.25, 0.3) is 0 Å². The highest BCUT2D eigenvalue weighted by Gasteiger charge is 2.21. The molecule has 0 bridgehead atoms. The number of ether oxygens (including phenoxy) is 1. The van der Waals surface area contributed by atoms with Crippen molar-refractivity contribution in [2.75, 3.05) is 5.32 Å². The van der Waals surface area contributed by atoms with Gasteiger partial charge in [0.25, 0.3) is 5.69 Å². The van der Waals surface area contributed by atoms with Gasteiger partial charge in [-0.25, -0.2) is 4.79 Å². The molecule has 0 aromatic heterocycles. The van der Waals surface area contributed by atoms with Gasteiger partial charge in [-0.2, -0.15) is 0 Å². The van der Waals surface area contributed by atoms with Gasteiger partial charge in [0.2, 0.25) is 0 Å². The zero-order chi connectivity index (χ0) is 16.1. The number of hydrogen-bond donors (Lipinski definition) is 1. The minimum Gasteiger partial charge on any atom is -0.444 e. The molecule has 0 atom stereocenters. The Morgan fingerprint density at radius 3 is 2.64 bits per heavy atom. The number of hydrogen-bond acceptors (Lipinski definition) is 4. The average molecular weight is 386 g/mol. The fourth-order valence-electron chi connectivity index (χ4n) is 1.69. The van der Waals surface area contributed by atoms with Gasteiger partial charge in [0, 0.05) is 15.6 Å². The van der Waals surface area contributed by atoms with Gasteiger partial charge in [-0.1, -0.05) is 41.9 Å². The Hall–Kier alpha value is -2.12. The fraction of sp³-hybridized carbons (Fsp3) is 0.0714. The fourth-order valence-corrected chi connectivity index (χ4v) is 2.58. The monoisotopic (exact) mass is 384 g/mol. The lowest BCUT2D eigenvalue weighted by molar-refractivity contribution is -0.384. The summed E-state index contributed by atoms with van der Waals surface area (Å²) in [7, 11) is 0. The van der Waals surface area contributed by atoms with Crippen LogP contribution >= 0.6 is 27.5 Å². The zero-order valence-electron chi connectivity index (χ0n) is 11.1. The molecule has 0 spiro atoms. The predicted molar refractivity (Wildman–Crippen MR) is 86.1 cm³/mol. The van der Waals surface area contributed by atoms with Crippen molar-refractivity contribution in [2.24, 2.45) is 0 Å². The summed E-state index contributed by atoms with van der Waals surface area (Å²) in [6.07, 6.45) is -0.796. The van der Waals surface area contributed by atoms with E-state index in [0.717, 1.165) is 11.6 Å².